The summed E-state index contributed by atoms with van der Waals surface area (Å²) in [6.07, 6.45) is 0.411. The highest BCUT2D eigenvalue weighted by Gasteiger charge is 2.42. The van der Waals surface area contributed by atoms with E-state index in [1.54, 1.807) is 12.1 Å². The molecule has 5 nitrogen and oxygen atoms in total. The Kier molecular flexibility index (Phi) is 5.38. The molecule has 5 heteroatoms. The summed E-state index contributed by atoms with van der Waals surface area (Å²) < 4.78 is 4.77. The normalized spacial score (nSPS) is 19.4. The lowest BCUT2D eigenvalue weighted by Crippen LogP contribution is -2.45. The molecule has 136 valence electrons. The number of esters is 1. The average Bonchev–Trinajstić information content (AvgIpc) is 3.08. The fourth-order valence-corrected chi connectivity index (χ4v) is 3.41. The number of nitrogens with zero attached hydrogens (tertiary/aromatic N) is 1. The molecule has 2 aromatic rings. The Morgan fingerprint density at radius 3 is 2.50 bits per heavy atom. The molecular weight excluding hydrogens is 330 g/mol. The molecule has 0 aromatic heterocycles. The van der Waals surface area contributed by atoms with Gasteiger partial charge in [-0.05, 0) is 35.6 Å². The highest BCUT2D eigenvalue weighted by Crippen LogP contribution is 2.28. The molecule has 1 aliphatic rings. The van der Waals surface area contributed by atoms with Crippen molar-refractivity contribution < 1.29 is 19.4 Å². The monoisotopic (exact) mass is 353 g/mol. The number of methoxy groups -OCH3 is 1. The SMILES string of the molecule is CCc1ccc(-c2ccccc2C(=O)N2CCC(O)C2C(=O)OC)cc1. The summed E-state index contributed by atoms with van der Waals surface area (Å²) in [6.45, 7) is 2.42. The van der Waals surface area contributed by atoms with Gasteiger partial charge in [-0.25, -0.2) is 4.79 Å². The van der Waals surface area contributed by atoms with E-state index in [4.69, 9.17) is 4.74 Å². The Morgan fingerprint density at radius 2 is 1.85 bits per heavy atom. The van der Waals surface area contributed by atoms with E-state index in [1.807, 2.05) is 36.4 Å². The van der Waals surface area contributed by atoms with Gasteiger partial charge in [0.2, 0.25) is 0 Å². The van der Waals surface area contributed by atoms with Crippen LogP contribution in [0, 0.1) is 0 Å². The number of hydrogen-bond acceptors (Lipinski definition) is 4. The number of ether oxygens (including phenoxy) is 1. The van der Waals surface area contributed by atoms with Gasteiger partial charge in [0.15, 0.2) is 6.04 Å². The summed E-state index contributed by atoms with van der Waals surface area (Å²) in [5.41, 5.74) is 3.50. The first-order valence-electron chi connectivity index (χ1n) is 8.82. The molecule has 0 radical (unpaired) electrons. The van der Waals surface area contributed by atoms with Crippen molar-refractivity contribution in [3.63, 3.8) is 0 Å². The van der Waals surface area contributed by atoms with Gasteiger partial charge in [0.1, 0.15) is 0 Å². The topological polar surface area (TPSA) is 66.8 Å². The van der Waals surface area contributed by atoms with Crippen LogP contribution in [-0.4, -0.2) is 47.7 Å². The largest absolute Gasteiger partial charge is 0.467 e. The average molecular weight is 353 g/mol. The first-order chi connectivity index (χ1) is 12.6. The summed E-state index contributed by atoms with van der Waals surface area (Å²) in [5.74, 6) is -0.861. The number of carbonyl (C=O) groups excluding carboxylic acids is 2. The molecular formula is C21H23NO4. The maximum Gasteiger partial charge on any atom is 0.331 e. The summed E-state index contributed by atoms with van der Waals surface area (Å²) >= 11 is 0. The van der Waals surface area contributed by atoms with E-state index in [0.717, 1.165) is 17.5 Å². The number of amides is 1. The number of hydrogen-bond donors (Lipinski definition) is 1. The molecule has 0 saturated carbocycles. The van der Waals surface area contributed by atoms with Crippen LogP contribution in [0.1, 0.15) is 29.3 Å². The fourth-order valence-electron chi connectivity index (χ4n) is 3.41. The van der Waals surface area contributed by atoms with Crippen molar-refractivity contribution in [3.8, 4) is 11.1 Å². The summed E-state index contributed by atoms with van der Waals surface area (Å²) in [4.78, 5) is 26.6. The lowest BCUT2D eigenvalue weighted by molar-refractivity contribution is -0.147. The van der Waals surface area contributed by atoms with Crippen LogP contribution < -0.4 is 0 Å². The number of rotatable bonds is 4. The van der Waals surface area contributed by atoms with Crippen molar-refractivity contribution in [2.45, 2.75) is 31.9 Å². The zero-order valence-corrected chi connectivity index (χ0v) is 15.0. The number of aliphatic hydroxyl groups excluding tert-OH is 1. The molecule has 1 N–H and O–H groups in total. The molecule has 1 aliphatic heterocycles. The van der Waals surface area contributed by atoms with Gasteiger partial charge in [0, 0.05) is 12.1 Å². The second-order valence-electron chi connectivity index (χ2n) is 6.42. The fraction of sp³-hybridized carbons (Fsp3) is 0.333. The molecule has 2 unspecified atom stereocenters. The molecule has 3 rings (SSSR count). The van der Waals surface area contributed by atoms with E-state index in [2.05, 4.69) is 6.92 Å². The van der Waals surface area contributed by atoms with Gasteiger partial charge in [-0.3, -0.25) is 4.79 Å². The first-order valence-corrected chi connectivity index (χ1v) is 8.82. The summed E-state index contributed by atoms with van der Waals surface area (Å²) in [5, 5.41) is 10.1. The van der Waals surface area contributed by atoms with Crippen molar-refractivity contribution in [1.29, 1.82) is 0 Å². The maximum atomic E-state index is 13.1. The molecule has 2 atom stereocenters. The Bertz CT molecular complexity index is 800. The Morgan fingerprint density at radius 1 is 1.15 bits per heavy atom. The molecule has 1 fully saturated rings. The molecule has 1 heterocycles. The third-order valence-electron chi connectivity index (χ3n) is 4.90. The predicted molar refractivity (Wildman–Crippen MR) is 98.7 cm³/mol. The van der Waals surface area contributed by atoms with Gasteiger partial charge in [0.05, 0.1) is 13.2 Å². The second kappa shape index (κ2) is 7.70. The van der Waals surface area contributed by atoms with Crippen LogP contribution in [-0.2, 0) is 16.0 Å². The quantitative estimate of drug-likeness (QED) is 0.858. The van der Waals surface area contributed by atoms with Crippen molar-refractivity contribution in [2.24, 2.45) is 0 Å². The molecule has 1 saturated heterocycles. The van der Waals surface area contributed by atoms with Crippen molar-refractivity contribution in [2.75, 3.05) is 13.7 Å². The van der Waals surface area contributed by atoms with Crippen molar-refractivity contribution >= 4 is 11.9 Å². The summed E-state index contributed by atoms with van der Waals surface area (Å²) in [6, 6.07) is 14.5. The van der Waals surface area contributed by atoms with Crippen LogP contribution >= 0.6 is 0 Å². The smallest absolute Gasteiger partial charge is 0.331 e. The predicted octanol–water partition coefficient (Wildman–Crippen LogP) is 2.66. The van der Waals surface area contributed by atoms with Gasteiger partial charge in [-0.1, -0.05) is 49.4 Å². The highest BCUT2D eigenvalue weighted by molar-refractivity contribution is 6.02. The maximum absolute atomic E-state index is 13.1. The molecule has 0 bridgehead atoms. The van der Waals surface area contributed by atoms with Crippen LogP contribution in [0.5, 0.6) is 0 Å². The Balaban J connectivity index is 1.96. The van der Waals surface area contributed by atoms with Crippen molar-refractivity contribution in [3.05, 3.63) is 59.7 Å². The molecule has 26 heavy (non-hydrogen) atoms. The van der Waals surface area contributed by atoms with E-state index in [9.17, 15) is 14.7 Å². The van der Waals surface area contributed by atoms with E-state index in [-0.39, 0.29) is 5.91 Å². The first kappa shape index (κ1) is 18.1. The molecule has 0 aliphatic carbocycles. The number of carbonyl (C=O) groups is 2. The van der Waals surface area contributed by atoms with Gasteiger partial charge >= 0.3 is 5.97 Å². The molecule has 1 amide bonds. The summed E-state index contributed by atoms with van der Waals surface area (Å²) in [7, 11) is 1.26. The van der Waals surface area contributed by atoms with E-state index >= 15 is 0 Å². The minimum absolute atomic E-state index is 0.271. The minimum atomic E-state index is -0.956. The zero-order chi connectivity index (χ0) is 18.7. The minimum Gasteiger partial charge on any atom is -0.467 e. The standard InChI is InChI=1S/C21H23NO4/c1-3-14-8-10-15(11-9-14)16-6-4-5-7-17(16)20(24)22-13-12-18(23)19(22)21(25)26-2/h4-11,18-19,23H,3,12-13H2,1-2H3. The van der Waals surface area contributed by atoms with Crippen molar-refractivity contribution in [1.82, 2.24) is 4.90 Å². The van der Waals surface area contributed by atoms with E-state index in [0.29, 0.717) is 18.5 Å². The van der Waals surface area contributed by atoms with Crippen LogP contribution in [0.2, 0.25) is 0 Å². The molecule has 0 spiro atoms. The second-order valence-corrected chi connectivity index (χ2v) is 6.42. The number of aliphatic hydroxyl groups is 1. The van der Waals surface area contributed by atoms with E-state index in [1.165, 1.54) is 17.6 Å². The number of aryl methyl sites for hydroxylation is 1. The zero-order valence-electron chi connectivity index (χ0n) is 15.0. The van der Waals surface area contributed by atoms with Crippen LogP contribution in [0.25, 0.3) is 11.1 Å². The van der Waals surface area contributed by atoms with Crippen LogP contribution in [0.3, 0.4) is 0 Å². The van der Waals surface area contributed by atoms with Crippen LogP contribution in [0.4, 0.5) is 0 Å². The van der Waals surface area contributed by atoms with Gasteiger partial charge < -0.3 is 14.7 Å². The Hall–Kier alpha value is -2.66. The van der Waals surface area contributed by atoms with Gasteiger partial charge in [-0.15, -0.1) is 0 Å². The third-order valence-corrected chi connectivity index (χ3v) is 4.90. The number of likely N-dealkylation sites (tertiary alicyclic amines) is 1. The Labute approximate surface area is 153 Å². The lowest BCUT2D eigenvalue weighted by atomic mass is 9.97. The number of benzene rings is 2. The van der Waals surface area contributed by atoms with E-state index < -0.39 is 18.1 Å². The van der Waals surface area contributed by atoms with Crippen LogP contribution in [0.15, 0.2) is 48.5 Å². The van der Waals surface area contributed by atoms with Gasteiger partial charge in [-0.2, -0.15) is 0 Å². The third kappa shape index (κ3) is 3.35. The highest BCUT2D eigenvalue weighted by atomic mass is 16.5. The lowest BCUT2D eigenvalue weighted by Gasteiger charge is -2.25. The van der Waals surface area contributed by atoms with Gasteiger partial charge in [0.25, 0.3) is 5.91 Å². The molecule has 2 aromatic carbocycles.